The van der Waals surface area contributed by atoms with Gasteiger partial charge in [-0.25, -0.2) is 0 Å². The Kier molecular flexibility index (Phi) is 4.04. The number of carbonyl (C=O) groups is 1. The molecule has 0 spiro atoms. The minimum absolute atomic E-state index is 0.00273. The van der Waals surface area contributed by atoms with Gasteiger partial charge in [-0.1, -0.05) is 38.8 Å². The van der Waals surface area contributed by atoms with E-state index in [0.29, 0.717) is 18.4 Å². The normalized spacial score (nSPS) is 31.5. The maximum atomic E-state index is 12.5. The van der Waals surface area contributed by atoms with Gasteiger partial charge in [0.1, 0.15) is 5.75 Å². The van der Waals surface area contributed by atoms with Crippen LogP contribution in [0.2, 0.25) is 0 Å². The van der Waals surface area contributed by atoms with Gasteiger partial charge in [0.25, 0.3) is 5.91 Å². The van der Waals surface area contributed by atoms with Gasteiger partial charge < -0.3 is 15.4 Å². The highest BCUT2D eigenvalue weighted by Gasteiger charge is 2.32. The zero-order valence-electron chi connectivity index (χ0n) is 12.8. The highest BCUT2D eigenvalue weighted by molar-refractivity contribution is 5.83. The van der Waals surface area contributed by atoms with Crippen LogP contribution in [0, 0.1) is 11.8 Å². The van der Waals surface area contributed by atoms with Gasteiger partial charge in [-0.3, -0.25) is 4.79 Å². The Balaban J connectivity index is 1.62. The van der Waals surface area contributed by atoms with E-state index in [2.05, 4.69) is 24.5 Å². The molecule has 1 aromatic rings. The van der Waals surface area contributed by atoms with Crippen molar-refractivity contribution < 1.29 is 9.53 Å². The first-order valence-electron chi connectivity index (χ1n) is 7.95. The summed E-state index contributed by atoms with van der Waals surface area (Å²) < 4.78 is 5.82. The molecule has 1 aliphatic heterocycles. The van der Waals surface area contributed by atoms with Crippen LogP contribution >= 0.6 is 0 Å². The molecule has 4 heteroatoms. The summed E-state index contributed by atoms with van der Waals surface area (Å²) >= 11 is 0. The van der Waals surface area contributed by atoms with Crippen molar-refractivity contribution in [2.45, 2.75) is 45.3 Å². The molecule has 21 heavy (non-hydrogen) atoms. The standard InChI is InChI=1S/C17H24N2O2/c1-11-6-5-8-13(12(11)2)19-17(20)16-10-18-14-7-3-4-9-15(14)21-16/h3-4,7,9,11-13,16,18H,5-6,8,10H2,1-2H3,(H,19,20). The number of anilines is 1. The molecule has 0 saturated heterocycles. The van der Waals surface area contributed by atoms with E-state index in [1.54, 1.807) is 0 Å². The summed E-state index contributed by atoms with van der Waals surface area (Å²) in [4.78, 5) is 12.5. The maximum Gasteiger partial charge on any atom is 0.263 e. The minimum Gasteiger partial charge on any atom is -0.477 e. The number of fused-ring (bicyclic) bond motifs is 1. The van der Waals surface area contributed by atoms with Crippen molar-refractivity contribution >= 4 is 11.6 Å². The monoisotopic (exact) mass is 288 g/mol. The quantitative estimate of drug-likeness (QED) is 0.880. The smallest absolute Gasteiger partial charge is 0.263 e. The Morgan fingerprint density at radius 1 is 1.29 bits per heavy atom. The number of ether oxygens (including phenoxy) is 1. The Morgan fingerprint density at radius 3 is 2.95 bits per heavy atom. The predicted octanol–water partition coefficient (Wildman–Crippen LogP) is 2.80. The third-order valence-electron chi connectivity index (χ3n) is 4.96. The van der Waals surface area contributed by atoms with Crippen molar-refractivity contribution in [2.24, 2.45) is 11.8 Å². The lowest BCUT2D eigenvalue weighted by atomic mass is 9.78. The van der Waals surface area contributed by atoms with Gasteiger partial charge in [0, 0.05) is 6.04 Å². The molecule has 2 N–H and O–H groups in total. The topological polar surface area (TPSA) is 50.4 Å². The largest absolute Gasteiger partial charge is 0.477 e. The SMILES string of the molecule is CC1CCCC(NC(=O)C2CNc3ccccc3O2)C1C. The van der Waals surface area contributed by atoms with Crippen molar-refractivity contribution in [2.75, 3.05) is 11.9 Å². The lowest BCUT2D eigenvalue weighted by molar-refractivity contribution is -0.129. The molecule has 1 heterocycles. The van der Waals surface area contributed by atoms with Gasteiger partial charge in [0.2, 0.25) is 0 Å². The van der Waals surface area contributed by atoms with Crippen LogP contribution in [-0.2, 0) is 4.79 Å². The van der Waals surface area contributed by atoms with Crippen LogP contribution in [-0.4, -0.2) is 24.6 Å². The Bertz CT molecular complexity index is 517. The molecule has 114 valence electrons. The second-order valence-corrected chi connectivity index (χ2v) is 6.37. The van der Waals surface area contributed by atoms with E-state index < -0.39 is 6.10 Å². The average molecular weight is 288 g/mol. The first-order chi connectivity index (χ1) is 10.1. The minimum atomic E-state index is -0.440. The molecule has 3 rings (SSSR count). The fraction of sp³-hybridized carbons (Fsp3) is 0.588. The van der Waals surface area contributed by atoms with E-state index in [-0.39, 0.29) is 11.9 Å². The van der Waals surface area contributed by atoms with E-state index in [0.717, 1.165) is 17.9 Å². The van der Waals surface area contributed by atoms with Gasteiger partial charge in [0.05, 0.1) is 12.2 Å². The molecule has 0 radical (unpaired) electrons. The van der Waals surface area contributed by atoms with Crippen molar-refractivity contribution in [3.63, 3.8) is 0 Å². The van der Waals surface area contributed by atoms with Gasteiger partial charge in [-0.15, -0.1) is 0 Å². The van der Waals surface area contributed by atoms with Crippen LogP contribution in [0.5, 0.6) is 5.75 Å². The molecule has 0 bridgehead atoms. The van der Waals surface area contributed by atoms with Crippen molar-refractivity contribution in [1.82, 2.24) is 5.32 Å². The number of carbonyl (C=O) groups excluding carboxylic acids is 1. The number of hydrogen-bond donors (Lipinski definition) is 2. The second-order valence-electron chi connectivity index (χ2n) is 6.37. The van der Waals surface area contributed by atoms with Crippen LogP contribution in [0.25, 0.3) is 0 Å². The highest BCUT2D eigenvalue weighted by atomic mass is 16.5. The molecule has 1 fully saturated rings. The summed E-state index contributed by atoms with van der Waals surface area (Å²) in [6.07, 6.45) is 3.10. The Hall–Kier alpha value is -1.71. The molecule has 4 nitrogen and oxygen atoms in total. The van der Waals surface area contributed by atoms with Crippen molar-refractivity contribution in [3.05, 3.63) is 24.3 Å². The number of benzene rings is 1. The first kappa shape index (κ1) is 14.2. The van der Waals surface area contributed by atoms with E-state index in [1.165, 1.54) is 12.8 Å². The third kappa shape index (κ3) is 2.99. The summed E-state index contributed by atoms with van der Waals surface area (Å²) in [7, 11) is 0. The van der Waals surface area contributed by atoms with Crippen LogP contribution < -0.4 is 15.4 Å². The fourth-order valence-corrected chi connectivity index (χ4v) is 3.32. The number of nitrogens with one attached hydrogen (secondary N) is 2. The van der Waals surface area contributed by atoms with Gasteiger partial charge in [0.15, 0.2) is 6.10 Å². The Labute approximate surface area is 126 Å². The molecule has 4 atom stereocenters. The van der Waals surface area contributed by atoms with Crippen molar-refractivity contribution in [1.29, 1.82) is 0 Å². The molecular weight excluding hydrogens is 264 g/mol. The zero-order chi connectivity index (χ0) is 14.8. The van der Waals surface area contributed by atoms with Crippen molar-refractivity contribution in [3.8, 4) is 5.75 Å². The van der Waals surface area contributed by atoms with E-state index in [4.69, 9.17) is 4.74 Å². The molecular formula is C17H24N2O2. The number of hydrogen-bond acceptors (Lipinski definition) is 3. The summed E-state index contributed by atoms with van der Waals surface area (Å²) in [6, 6.07) is 8.02. The molecule has 1 saturated carbocycles. The average Bonchev–Trinajstić information content (AvgIpc) is 2.51. The molecule has 0 aromatic heterocycles. The van der Waals surface area contributed by atoms with E-state index >= 15 is 0 Å². The molecule has 1 aromatic carbocycles. The first-order valence-corrected chi connectivity index (χ1v) is 7.95. The van der Waals surface area contributed by atoms with E-state index in [1.807, 2.05) is 24.3 Å². The van der Waals surface area contributed by atoms with Gasteiger partial charge in [-0.2, -0.15) is 0 Å². The van der Waals surface area contributed by atoms with Crippen LogP contribution in [0.4, 0.5) is 5.69 Å². The van der Waals surface area contributed by atoms with Gasteiger partial charge in [-0.05, 0) is 30.4 Å². The molecule has 1 aliphatic carbocycles. The summed E-state index contributed by atoms with van der Waals surface area (Å²) in [6.45, 7) is 5.04. The molecule has 1 amide bonds. The zero-order valence-corrected chi connectivity index (χ0v) is 12.8. The summed E-state index contributed by atoms with van der Waals surface area (Å²) in [5.74, 6) is 1.97. The lowest BCUT2D eigenvalue weighted by Gasteiger charge is -2.36. The second kappa shape index (κ2) is 5.96. The fourth-order valence-electron chi connectivity index (χ4n) is 3.32. The highest BCUT2D eigenvalue weighted by Crippen LogP contribution is 2.31. The summed E-state index contributed by atoms with van der Waals surface area (Å²) in [5.41, 5.74) is 0.959. The molecule has 2 aliphatic rings. The number of para-hydroxylation sites is 2. The van der Waals surface area contributed by atoms with Gasteiger partial charge >= 0.3 is 0 Å². The van der Waals surface area contributed by atoms with Crippen LogP contribution in [0.1, 0.15) is 33.1 Å². The van der Waals surface area contributed by atoms with Crippen LogP contribution in [0.3, 0.4) is 0 Å². The third-order valence-corrected chi connectivity index (χ3v) is 4.96. The molecule has 4 unspecified atom stereocenters. The predicted molar refractivity (Wildman–Crippen MR) is 83.5 cm³/mol. The number of rotatable bonds is 2. The van der Waals surface area contributed by atoms with Crippen LogP contribution in [0.15, 0.2) is 24.3 Å². The van der Waals surface area contributed by atoms with E-state index in [9.17, 15) is 4.79 Å². The Morgan fingerprint density at radius 2 is 2.10 bits per heavy atom. The summed E-state index contributed by atoms with van der Waals surface area (Å²) in [5, 5.41) is 6.46. The lowest BCUT2D eigenvalue weighted by Crippen LogP contribution is -2.51. The number of amides is 1. The maximum absolute atomic E-state index is 12.5.